The standard InChI is InChI=1S/C13H16BrNO2/c1-3-5-6-17-13-8-11(14)10(9-15)7-12(13)16-4-2/h7-8H,3-6H2,1-2H3. The van der Waals surface area contributed by atoms with E-state index in [1.165, 1.54) is 0 Å². The predicted octanol–water partition coefficient (Wildman–Crippen LogP) is 3.90. The lowest BCUT2D eigenvalue weighted by Crippen LogP contribution is -2.01. The van der Waals surface area contributed by atoms with Crippen molar-refractivity contribution in [1.82, 2.24) is 0 Å². The largest absolute Gasteiger partial charge is 0.490 e. The molecule has 0 amide bonds. The second-order valence-electron chi connectivity index (χ2n) is 3.53. The van der Waals surface area contributed by atoms with Crippen molar-refractivity contribution in [3.63, 3.8) is 0 Å². The summed E-state index contributed by atoms with van der Waals surface area (Å²) in [7, 11) is 0. The van der Waals surface area contributed by atoms with Gasteiger partial charge in [-0.15, -0.1) is 0 Å². The summed E-state index contributed by atoms with van der Waals surface area (Å²) < 4.78 is 11.8. The van der Waals surface area contributed by atoms with Gasteiger partial charge in [-0.25, -0.2) is 0 Å². The maximum Gasteiger partial charge on any atom is 0.162 e. The normalized spacial score (nSPS) is 9.76. The van der Waals surface area contributed by atoms with Gasteiger partial charge >= 0.3 is 0 Å². The van der Waals surface area contributed by atoms with Crippen molar-refractivity contribution in [1.29, 1.82) is 5.26 Å². The van der Waals surface area contributed by atoms with Crippen LogP contribution >= 0.6 is 15.9 Å². The molecule has 0 N–H and O–H groups in total. The van der Waals surface area contributed by atoms with Gasteiger partial charge in [-0.05, 0) is 35.3 Å². The van der Waals surface area contributed by atoms with Gasteiger partial charge in [0, 0.05) is 10.5 Å². The van der Waals surface area contributed by atoms with Crippen LogP contribution in [0.15, 0.2) is 16.6 Å². The van der Waals surface area contributed by atoms with E-state index >= 15 is 0 Å². The maximum absolute atomic E-state index is 8.94. The van der Waals surface area contributed by atoms with Crippen molar-refractivity contribution in [2.45, 2.75) is 26.7 Å². The first-order chi connectivity index (χ1) is 8.22. The summed E-state index contributed by atoms with van der Waals surface area (Å²) >= 11 is 3.34. The Morgan fingerprint density at radius 3 is 2.53 bits per heavy atom. The Hall–Kier alpha value is -1.21. The van der Waals surface area contributed by atoms with Crippen LogP contribution in [-0.4, -0.2) is 13.2 Å². The molecule has 0 atom stereocenters. The van der Waals surface area contributed by atoms with E-state index in [-0.39, 0.29) is 0 Å². The molecule has 0 aliphatic heterocycles. The predicted molar refractivity (Wildman–Crippen MR) is 70.4 cm³/mol. The molecule has 0 spiro atoms. The Bertz CT molecular complexity index is 413. The van der Waals surface area contributed by atoms with Gasteiger partial charge in [0.15, 0.2) is 11.5 Å². The summed E-state index contributed by atoms with van der Waals surface area (Å²) in [5.41, 5.74) is 0.552. The molecule has 0 heterocycles. The Labute approximate surface area is 110 Å². The molecule has 0 fully saturated rings. The molecule has 1 aromatic carbocycles. The first-order valence-electron chi connectivity index (χ1n) is 5.72. The third-order valence-corrected chi connectivity index (χ3v) is 2.87. The van der Waals surface area contributed by atoms with E-state index in [4.69, 9.17) is 14.7 Å². The molecule has 0 saturated carbocycles. The minimum Gasteiger partial charge on any atom is -0.490 e. The first-order valence-corrected chi connectivity index (χ1v) is 6.51. The molecule has 4 heteroatoms. The van der Waals surface area contributed by atoms with E-state index in [2.05, 4.69) is 28.9 Å². The second-order valence-corrected chi connectivity index (χ2v) is 4.38. The average molecular weight is 298 g/mol. The fourth-order valence-electron chi connectivity index (χ4n) is 1.33. The second kappa shape index (κ2) is 7.18. The molecule has 3 nitrogen and oxygen atoms in total. The van der Waals surface area contributed by atoms with Gasteiger partial charge in [0.25, 0.3) is 0 Å². The van der Waals surface area contributed by atoms with Gasteiger partial charge in [0.05, 0.1) is 18.8 Å². The van der Waals surface area contributed by atoms with Gasteiger partial charge in [-0.2, -0.15) is 5.26 Å². The number of unbranched alkanes of at least 4 members (excludes halogenated alkanes) is 1. The van der Waals surface area contributed by atoms with Gasteiger partial charge < -0.3 is 9.47 Å². The number of nitrogens with zero attached hydrogens (tertiary/aromatic N) is 1. The Kier molecular flexibility index (Phi) is 5.85. The highest BCUT2D eigenvalue weighted by Crippen LogP contribution is 2.33. The number of benzene rings is 1. The van der Waals surface area contributed by atoms with Crippen molar-refractivity contribution in [3.05, 3.63) is 22.2 Å². The smallest absolute Gasteiger partial charge is 0.162 e. The maximum atomic E-state index is 8.94. The Balaban J connectivity index is 2.93. The van der Waals surface area contributed by atoms with E-state index in [9.17, 15) is 0 Å². The fraction of sp³-hybridized carbons (Fsp3) is 0.462. The molecule has 0 bridgehead atoms. The zero-order valence-electron chi connectivity index (χ0n) is 10.1. The quantitative estimate of drug-likeness (QED) is 0.748. The highest BCUT2D eigenvalue weighted by molar-refractivity contribution is 9.10. The number of rotatable bonds is 6. The average Bonchev–Trinajstić information content (AvgIpc) is 2.32. The zero-order valence-corrected chi connectivity index (χ0v) is 11.7. The van der Waals surface area contributed by atoms with E-state index in [1.54, 1.807) is 12.1 Å². The van der Waals surface area contributed by atoms with Gasteiger partial charge in [-0.3, -0.25) is 0 Å². The van der Waals surface area contributed by atoms with Crippen LogP contribution in [0.3, 0.4) is 0 Å². The summed E-state index contributed by atoms with van der Waals surface area (Å²) in [6.07, 6.45) is 2.09. The lowest BCUT2D eigenvalue weighted by molar-refractivity contribution is 0.272. The number of hydrogen-bond acceptors (Lipinski definition) is 3. The molecular formula is C13H16BrNO2. The number of nitriles is 1. The van der Waals surface area contributed by atoms with Crippen molar-refractivity contribution in [2.75, 3.05) is 13.2 Å². The Morgan fingerprint density at radius 1 is 1.24 bits per heavy atom. The van der Waals surface area contributed by atoms with E-state index in [0.29, 0.717) is 30.3 Å². The summed E-state index contributed by atoms with van der Waals surface area (Å²) in [5.74, 6) is 1.31. The van der Waals surface area contributed by atoms with Crippen molar-refractivity contribution in [2.24, 2.45) is 0 Å². The van der Waals surface area contributed by atoms with Crippen LogP contribution in [0.25, 0.3) is 0 Å². The lowest BCUT2D eigenvalue weighted by Gasteiger charge is -2.12. The number of hydrogen-bond donors (Lipinski definition) is 0. The first kappa shape index (κ1) is 13.9. The summed E-state index contributed by atoms with van der Waals surface area (Å²) in [5, 5.41) is 8.94. The third-order valence-electron chi connectivity index (χ3n) is 2.21. The fourth-order valence-corrected chi connectivity index (χ4v) is 1.74. The molecule has 0 saturated heterocycles. The molecule has 0 aliphatic carbocycles. The van der Waals surface area contributed by atoms with Gasteiger partial charge in [-0.1, -0.05) is 13.3 Å². The minimum atomic E-state index is 0.552. The third kappa shape index (κ3) is 3.94. The molecule has 0 radical (unpaired) electrons. The van der Waals surface area contributed by atoms with Crippen LogP contribution in [-0.2, 0) is 0 Å². The molecule has 0 unspecified atom stereocenters. The SMILES string of the molecule is CCCCOc1cc(Br)c(C#N)cc1OCC. The highest BCUT2D eigenvalue weighted by Gasteiger charge is 2.10. The topological polar surface area (TPSA) is 42.2 Å². The van der Waals surface area contributed by atoms with Crippen molar-refractivity contribution < 1.29 is 9.47 Å². The van der Waals surface area contributed by atoms with Crippen LogP contribution in [0.5, 0.6) is 11.5 Å². The van der Waals surface area contributed by atoms with E-state index in [1.807, 2.05) is 6.92 Å². The molecule has 1 aromatic rings. The molecule has 17 heavy (non-hydrogen) atoms. The number of ether oxygens (including phenoxy) is 2. The summed E-state index contributed by atoms with van der Waals surface area (Å²) in [6.45, 7) is 5.23. The lowest BCUT2D eigenvalue weighted by atomic mass is 10.2. The van der Waals surface area contributed by atoms with E-state index < -0.39 is 0 Å². The Morgan fingerprint density at radius 2 is 1.94 bits per heavy atom. The molecule has 92 valence electrons. The van der Waals surface area contributed by atoms with Crippen molar-refractivity contribution in [3.8, 4) is 17.6 Å². The summed E-state index contributed by atoms with van der Waals surface area (Å²) in [6, 6.07) is 5.60. The van der Waals surface area contributed by atoms with Gasteiger partial charge in [0.2, 0.25) is 0 Å². The molecule has 0 aliphatic rings. The summed E-state index contributed by atoms with van der Waals surface area (Å²) in [4.78, 5) is 0. The van der Waals surface area contributed by atoms with E-state index in [0.717, 1.165) is 17.3 Å². The van der Waals surface area contributed by atoms with Crippen LogP contribution in [0.4, 0.5) is 0 Å². The molecule has 1 rings (SSSR count). The van der Waals surface area contributed by atoms with Crippen LogP contribution in [0, 0.1) is 11.3 Å². The van der Waals surface area contributed by atoms with Crippen LogP contribution in [0.1, 0.15) is 32.3 Å². The monoisotopic (exact) mass is 297 g/mol. The van der Waals surface area contributed by atoms with Crippen molar-refractivity contribution >= 4 is 15.9 Å². The van der Waals surface area contributed by atoms with Gasteiger partial charge in [0.1, 0.15) is 6.07 Å². The minimum absolute atomic E-state index is 0.552. The molecule has 0 aromatic heterocycles. The zero-order chi connectivity index (χ0) is 12.7. The highest BCUT2D eigenvalue weighted by atomic mass is 79.9. The van der Waals surface area contributed by atoms with Crippen LogP contribution < -0.4 is 9.47 Å². The molecular weight excluding hydrogens is 282 g/mol. The number of halogens is 1. The van der Waals surface area contributed by atoms with Crippen LogP contribution in [0.2, 0.25) is 0 Å².